The molecule has 0 amide bonds. The number of rotatable bonds is 4. The minimum Gasteiger partial charge on any atom is -0.301 e. The number of aryl methyl sites for hydroxylation is 1. The van der Waals surface area contributed by atoms with Gasteiger partial charge in [-0.15, -0.1) is 0 Å². The minimum absolute atomic E-state index is 0.122. The van der Waals surface area contributed by atoms with Crippen molar-refractivity contribution in [2.75, 3.05) is 0 Å². The van der Waals surface area contributed by atoms with Crippen LogP contribution in [0.4, 0.5) is 0 Å². The first-order valence-electron chi connectivity index (χ1n) is 7.18. The first-order chi connectivity index (χ1) is 9.80. The van der Waals surface area contributed by atoms with E-state index in [-0.39, 0.29) is 6.04 Å². The molecule has 3 rings (SSSR count). The first kappa shape index (κ1) is 13.1. The molecule has 102 valence electrons. The molecule has 2 nitrogen and oxygen atoms in total. The summed E-state index contributed by atoms with van der Waals surface area (Å²) < 4.78 is 0. The average molecular weight is 265 g/mol. The molecular formula is C18H19NO. The molecule has 20 heavy (non-hydrogen) atoms. The average Bonchev–Trinajstić information content (AvgIpc) is 2.90. The lowest BCUT2D eigenvalue weighted by Crippen LogP contribution is -2.12. The fourth-order valence-corrected chi connectivity index (χ4v) is 2.81. The van der Waals surface area contributed by atoms with Crippen molar-refractivity contribution in [3.8, 4) is 0 Å². The summed E-state index contributed by atoms with van der Waals surface area (Å²) in [5.74, 6) is 0. The van der Waals surface area contributed by atoms with Crippen molar-refractivity contribution in [2.24, 2.45) is 0 Å². The van der Waals surface area contributed by atoms with Crippen LogP contribution < -0.4 is 5.32 Å². The maximum atomic E-state index is 10.9. The third-order valence-electron chi connectivity index (χ3n) is 4.03. The highest BCUT2D eigenvalue weighted by Crippen LogP contribution is 2.25. The van der Waals surface area contributed by atoms with Crippen molar-refractivity contribution in [3.63, 3.8) is 0 Å². The topological polar surface area (TPSA) is 29.1 Å². The molecule has 0 fully saturated rings. The van der Waals surface area contributed by atoms with Crippen LogP contribution in [0.5, 0.6) is 0 Å². The van der Waals surface area contributed by atoms with E-state index in [2.05, 4.69) is 54.7 Å². The standard InChI is InChI=1S/C18H19NO/c1-2-13-3-5-14(6-4-13)9-15-7-8-17-16(10-15)11-19-18(17)12-20/h3-8,10,12,18-19H,2,9,11H2,1H3. The smallest absolute Gasteiger partial charge is 0.141 e. The Morgan fingerprint density at radius 2 is 1.80 bits per heavy atom. The van der Waals surface area contributed by atoms with Gasteiger partial charge < -0.3 is 4.79 Å². The molecule has 1 atom stereocenters. The van der Waals surface area contributed by atoms with E-state index < -0.39 is 0 Å². The quantitative estimate of drug-likeness (QED) is 0.860. The maximum Gasteiger partial charge on any atom is 0.141 e. The summed E-state index contributed by atoms with van der Waals surface area (Å²) in [6.45, 7) is 2.97. The van der Waals surface area contributed by atoms with Gasteiger partial charge in [0.05, 0.1) is 6.04 Å². The molecule has 0 radical (unpaired) electrons. The lowest BCUT2D eigenvalue weighted by Gasteiger charge is -2.07. The van der Waals surface area contributed by atoms with Crippen LogP contribution in [-0.2, 0) is 24.2 Å². The molecule has 0 saturated heterocycles. The van der Waals surface area contributed by atoms with Crippen LogP contribution in [0.15, 0.2) is 42.5 Å². The van der Waals surface area contributed by atoms with Gasteiger partial charge in [0.2, 0.25) is 0 Å². The number of hydrogen-bond donors (Lipinski definition) is 1. The molecule has 1 N–H and O–H groups in total. The molecule has 1 aliphatic rings. The summed E-state index contributed by atoms with van der Waals surface area (Å²) in [5.41, 5.74) is 6.40. The van der Waals surface area contributed by atoms with E-state index in [0.29, 0.717) is 0 Å². The Labute approximate surface area is 119 Å². The van der Waals surface area contributed by atoms with E-state index in [1.165, 1.54) is 22.3 Å². The Bertz CT molecular complexity index is 616. The molecule has 1 heterocycles. The van der Waals surface area contributed by atoms with E-state index in [4.69, 9.17) is 0 Å². The molecule has 0 saturated carbocycles. The van der Waals surface area contributed by atoms with Crippen molar-refractivity contribution >= 4 is 6.29 Å². The summed E-state index contributed by atoms with van der Waals surface area (Å²) in [6, 6.07) is 15.1. The number of hydrogen-bond acceptors (Lipinski definition) is 2. The molecule has 0 aliphatic carbocycles. The Morgan fingerprint density at radius 3 is 2.50 bits per heavy atom. The van der Waals surface area contributed by atoms with Gasteiger partial charge in [0.25, 0.3) is 0 Å². The minimum atomic E-state index is -0.122. The molecule has 0 bridgehead atoms. The lowest BCUT2D eigenvalue weighted by atomic mass is 9.98. The Kier molecular flexibility index (Phi) is 3.66. The molecule has 0 spiro atoms. The molecule has 1 unspecified atom stereocenters. The van der Waals surface area contributed by atoms with E-state index in [1.807, 2.05) is 0 Å². The third kappa shape index (κ3) is 2.52. The van der Waals surface area contributed by atoms with Crippen molar-refractivity contribution in [3.05, 3.63) is 70.3 Å². The number of aldehydes is 1. The normalized spacial score (nSPS) is 16.9. The van der Waals surface area contributed by atoms with Gasteiger partial charge in [-0.2, -0.15) is 0 Å². The zero-order chi connectivity index (χ0) is 13.9. The SMILES string of the molecule is CCc1ccc(Cc2ccc3c(c2)CNC3C=O)cc1. The highest BCUT2D eigenvalue weighted by molar-refractivity contribution is 5.64. The van der Waals surface area contributed by atoms with Crippen LogP contribution >= 0.6 is 0 Å². The van der Waals surface area contributed by atoms with E-state index in [0.717, 1.165) is 31.2 Å². The molecule has 1 aliphatic heterocycles. The maximum absolute atomic E-state index is 10.9. The first-order valence-corrected chi connectivity index (χ1v) is 7.18. The highest BCUT2D eigenvalue weighted by atomic mass is 16.1. The van der Waals surface area contributed by atoms with E-state index in [1.54, 1.807) is 0 Å². The number of carbonyl (C=O) groups excluding carboxylic acids is 1. The predicted molar refractivity (Wildman–Crippen MR) is 80.7 cm³/mol. The van der Waals surface area contributed by atoms with Crippen LogP contribution in [0.25, 0.3) is 0 Å². The fourth-order valence-electron chi connectivity index (χ4n) is 2.81. The summed E-state index contributed by atoms with van der Waals surface area (Å²) in [6.07, 6.45) is 3.01. The van der Waals surface area contributed by atoms with Crippen molar-refractivity contribution < 1.29 is 4.79 Å². The zero-order valence-electron chi connectivity index (χ0n) is 11.7. The van der Waals surface area contributed by atoms with Crippen molar-refractivity contribution in [2.45, 2.75) is 32.4 Å². The second-order valence-electron chi connectivity index (χ2n) is 5.37. The highest BCUT2D eigenvalue weighted by Gasteiger charge is 2.20. The molecule has 0 aromatic heterocycles. The second kappa shape index (κ2) is 5.59. The van der Waals surface area contributed by atoms with Gasteiger partial charge in [-0.25, -0.2) is 0 Å². The molecular weight excluding hydrogens is 246 g/mol. The number of benzene rings is 2. The number of carbonyl (C=O) groups is 1. The van der Waals surface area contributed by atoms with Gasteiger partial charge in [0.1, 0.15) is 6.29 Å². The molecule has 2 heteroatoms. The van der Waals surface area contributed by atoms with Crippen LogP contribution in [-0.4, -0.2) is 6.29 Å². The monoisotopic (exact) mass is 265 g/mol. The van der Waals surface area contributed by atoms with Gasteiger partial charge in [0, 0.05) is 6.54 Å². The van der Waals surface area contributed by atoms with Gasteiger partial charge in [-0.05, 0) is 40.7 Å². The van der Waals surface area contributed by atoms with Crippen LogP contribution in [0.3, 0.4) is 0 Å². The van der Waals surface area contributed by atoms with Crippen LogP contribution in [0.2, 0.25) is 0 Å². The third-order valence-corrected chi connectivity index (χ3v) is 4.03. The Morgan fingerprint density at radius 1 is 1.10 bits per heavy atom. The number of fused-ring (bicyclic) bond motifs is 1. The van der Waals surface area contributed by atoms with Gasteiger partial charge in [-0.3, -0.25) is 5.32 Å². The van der Waals surface area contributed by atoms with Gasteiger partial charge in [0.15, 0.2) is 0 Å². The van der Waals surface area contributed by atoms with Gasteiger partial charge >= 0.3 is 0 Å². The largest absolute Gasteiger partial charge is 0.301 e. The van der Waals surface area contributed by atoms with Gasteiger partial charge in [-0.1, -0.05) is 49.4 Å². The lowest BCUT2D eigenvalue weighted by molar-refractivity contribution is -0.109. The predicted octanol–water partition coefficient (Wildman–Crippen LogP) is 3.18. The number of nitrogens with one attached hydrogen (secondary N) is 1. The molecule has 2 aromatic rings. The second-order valence-corrected chi connectivity index (χ2v) is 5.37. The van der Waals surface area contributed by atoms with E-state index in [9.17, 15) is 4.79 Å². The Balaban J connectivity index is 1.79. The Hall–Kier alpha value is -1.93. The summed E-state index contributed by atoms with van der Waals surface area (Å²) >= 11 is 0. The van der Waals surface area contributed by atoms with Crippen LogP contribution in [0, 0.1) is 0 Å². The van der Waals surface area contributed by atoms with Crippen molar-refractivity contribution in [1.29, 1.82) is 0 Å². The summed E-state index contributed by atoms with van der Waals surface area (Å²) in [7, 11) is 0. The van der Waals surface area contributed by atoms with Crippen molar-refractivity contribution in [1.82, 2.24) is 5.32 Å². The summed E-state index contributed by atoms with van der Waals surface area (Å²) in [5, 5.41) is 3.21. The van der Waals surface area contributed by atoms with Crippen LogP contribution in [0.1, 0.15) is 40.8 Å². The van der Waals surface area contributed by atoms with E-state index >= 15 is 0 Å². The molecule has 2 aromatic carbocycles. The fraction of sp³-hybridized carbons (Fsp3) is 0.278. The summed E-state index contributed by atoms with van der Waals surface area (Å²) in [4.78, 5) is 10.9. The zero-order valence-corrected chi connectivity index (χ0v) is 11.7.